The van der Waals surface area contributed by atoms with E-state index in [0.717, 1.165) is 0 Å². The number of hydrogen-bond acceptors (Lipinski definition) is 4. The van der Waals surface area contributed by atoms with E-state index in [-0.39, 0.29) is 11.7 Å². The number of rotatable bonds is 5. The molecule has 1 aromatic carbocycles. The van der Waals surface area contributed by atoms with E-state index < -0.39 is 0 Å². The molecule has 0 aliphatic rings. The third kappa shape index (κ3) is 3.61. The Kier molecular flexibility index (Phi) is 4.27. The zero-order valence-electron chi connectivity index (χ0n) is 11.4. The van der Waals surface area contributed by atoms with Gasteiger partial charge in [0.2, 0.25) is 5.89 Å². The van der Waals surface area contributed by atoms with E-state index in [1.54, 1.807) is 12.1 Å². The van der Waals surface area contributed by atoms with Crippen molar-refractivity contribution in [2.75, 3.05) is 7.05 Å². The predicted molar refractivity (Wildman–Crippen MR) is 70.0 cm³/mol. The van der Waals surface area contributed by atoms with Gasteiger partial charge in [-0.25, -0.2) is 4.39 Å². The van der Waals surface area contributed by atoms with Crippen molar-refractivity contribution >= 4 is 0 Å². The third-order valence-electron chi connectivity index (χ3n) is 2.80. The molecule has 0 aliphatic heterocycles. The van der Waals surface area contributed by atoms with Crippen molar-refractivity contribution in [3.8, 4) is 0 Å². The molecule has 0 saturated heterocycles. The number of hydrogen-bond donors (Lipinski definition) is 0. The molecule has 0 spiro atoms. The van der Waals surface area contributed by atoms with Crippen molar-refractivity contribution in [2.45, 2.75) is 32.9 Å². The minimum atomic E-state index is -0.192. The first-order chi connectivity index (χ1) is 9.06. The van der Waals surface area contributed by atoms with Crippen LogP contribution in [-0.4, -0.2) is 22.1 Å². The molecule has 0 amide bonds. The molecule has 0 radical (unpaired) electrons. The quantitative estimate of drug-likeness (QED) is 0.831. The molecule has 0 atom stereocenters. The van der Waals surface area contributed by atoms with Crippen molar-refractivity contribution in [1.29, 1.82) is 0 Å². The summed E-state index contributed by atoms with van der Waals surface area (Å²) in [6.45, 7) is 5.04. The van der Waals surface area contributed by atoms with Crippen molar-refractivity contribution < 1.29 is 8.91 Å². The maximum Gasteiger partial charge on any atom is 0.240 e. The average Bonchev–Trinajstić information content (AvgIpc) is 2.80. The van der Waals surface area contributed by atoms with Crippen LogP contribution in [0.4, 0.5) is 4.39 Å². The van der Waals surface area contributed by atoms with E-state index >= 15 is 0 Å². The first kappa shape index (κ1) is 13.7. The molecule has 0 bridgehead atoms. The van der Waals surface area contributed by atoms with E-state index in [2.05, 4.69) is 10.1 Å². The Hall–Kier alpha value is -1.75. The molecule has 102 valence electrons. The van der Waals surface area contributed by atoms with Gasteiger partial charge in [0.1, 0.15) is 5.82 Å². The molecule has 0 N–H and O–H groups in total. The Morgan fingerprint density at radius 1 is 1.26 bits per heavy atom. The molecule has 5 heteroatoms. The van der Waals surface area contributed by atoms with E-state index in [9.17, 15) is 4.39 Å². The molecule has 0 saturated carbocycles. The van der Waals surface area contributed by atoms with Crippen molar-refractivity contribution in [2.24, 2.45) is 0 Å². The molecule has 1 heterocycles. The van der Waals surface area contributed by atoms with Gasteiger partial charge in [-0.1, -0.05) is 37.2 Å². The molecule has 0 unspecified atom stereocenters. The molecular weight excluding hydrogens is 245 g/mol. The smallest absolute Gasteiger partial charge is 0.240 e. The molecule has 2 rings (SSSR count). The van der Waals surface area contributed by atoms with Crippen LogP contribution in [0.5, 0.6) is 0 Å². The maximum atomic E-state index is 13.5. The molecule has 2 aromatic rings. The lowest BCUT2D eigenvalue weighted by molar-refractivity contribution is 0.257. The Morgan fingerprint density at radius 3 is 2.63 bits per heavy atom. The standard InChI is InChI=1S/C14H18FN3O/c1-10(2)14-16-13(19-17-14)9-18(3)8-11-6-4-5-7-12(11)15/h4-7,10H,8-9H2,1-3H3. The highest BCUT2D eigenvalue weighted by atomic mass is 19.1. The highest BCUT2D eigenvalue weighted by molar-refractivity contribution is 5.17. The van der Waals surface area contributed by atoms with Crippen LogP contribution in [0.1, 0.15) is 37.0 Å². The fraction of sp³-hybridized carbons (Fsp3) is 0.429. The summed E-state index contributed by atoms with van der Waals surface area (Å²) in [6, 6.07) is 6.76. The average molecular weight is 263 g/mol. The predicted octanol–water partition coefficient (Wildman–Crippen LogP) is 2.96. The van der Waals surface area contributed by atoms with Crippen LogP contribution in [0.2, 0.25) is 0 Å². The summed E-state index contributed by atoms with van der Waals surface area (Å²) in [4.78, 5) is 6.24. The Bertz CT molecular complexity index is 539. The number of aromatic nitrogens is 2. The second-order valence-corrected chi connectivity index (χ2v) is 4.96. The van der Waals surface area contributed by atoms with E-state index in [1.807, 2.05) is 31.9 Å². The van der Waals surface area contributed by atoms with Crippen LogP contribution < -0.4 is 0 Å². The number of halogens is 1. The Balaban J connectivity index is 1.97. The molecular formula is C14H18FN3O. The Morgan fingerprint density at radius 2 is 2.00 bits per heavy atom. The van der Waals surface area contributed by atoms with Crippen molar-refractivity contribution in [3.05, 3.63) is 47.4 Å². The van der Waals surface area contributed by atoms with Gasteiger partial charge in [-0.15, -0.1) is 0 Å². The largest absolute Gasteiger partial charge is 0.338 e. The lowest BCUT2D eigenvalue weighted by Crippen LogP contribution is -2.18. The van der Waals surface area contributed by atoms with Crippen LogP contribution in [0.3, 0.4) is 0 Å². The summed E-state index contributed by atoms with van der Waals surface area (Å²) in [7, 11) is 1.89. The monoisotopic (exact) mass is 263 g/mol. The summed E-state index contributed by atoms with van der Waals surface area (Å²) in [5.74, 6) is 1.31. The van der Waals surface area contributed by atoms with Crippen LogP contribution >= 0.6 is 0 Å². The second-order valence-electron chi connectivity index (χ2n) is 4.96. The number of nitrogens with zero attached hydrogens (tertiary/aromatic N) is 3. The zero-order valence-corrected chi connectivity index (χ0v) is 11.4. The summed E-state index contributed by atoms with van der Waals surface area (Å²) >= 11 is 0. The lowest BCUT2D eigenvalue weighted by atomic mass is 10.2. The first-order valence-corrected chi connectivity index (χ1v) is 6.30. The SMILES string of the molecule is CC(C)c1noc(CN(C)Cc2ccccc2F)n1. The molecule has 19 heavy (non-hydrogen) atoms. The van der Waals surface area contributed by atoms with Crippen molar-refractivity contribution in [1.82, 2.24) is 15.0 Å². The summed E-state index contributed by atoms with van der Waals surface area (Å²) in [6.07, 6.45) is 0. The Labute approximate surface area is 112 Å². The van der Waals surface area contributed by atoms with Crippen LogP contribution in [-0.2, 0) is 13.1 Å². The van der Waals surface area contributed by atoms with Gasteiger partial charge >= 0.3 is 0 Å². The normalized spacial score (nSPS) is 11.5. The minimum Gasteiger partial charge on any atom is -0.338 e. The zero-order chi connectivity index (χ0) is 13.8. The van der Waals surface area contributed by atoms with Crippen LogP contribution in [0.15, 0.2) is 28.8 Å². The van der Waals surface area contributed by atoms with Gasteiger partial charge in [0.15, 0.2) is 5.82 Å². The number of benzene rings is 1. The van der Waals surface area contributed by atoms with Gasteiger partial charge in [0.25, 0.3) is 0 Å². The van der Waals surface area contributed by atoms with Gasteiger partial charge < -0.3 is 4.52 Å². The first-order valence-electron chi connectivity index (χ1n) is 6.30. The van der Waals surface area contributed by atoms with E-state index in [0.29, 0.717) is 30.4 Å². The van der Waals surface area contributed by atoms with Gasteiger partial charge in [-0.3, -0.25) is 4.90 Å². The summed E-state index contributed by atoms with van der Waals surface area (Å²) in [5.41, 5.74) is 0.661. The summed E-state index contributed by atoms with van der Waals surface area (Å²) < 4.78 is 18.7. The minimum absolute atomic E-state index is 0.192. The molecule has 0 fully saturated rings. The van der Waals surface area contributed by atoms with Gasteiger partial charge in [-0.2, -0.15) is 4.98 Å². The molecule has 0 aliphatic carbocycles. The van der Waals surface area contributed by atoms with Gasteiger partial charge in [0, 0.05) is 18.0 Å². The molecule has 1 aromatic heterocycles. The fourth-order valence-electron chi connectivity index (χ4n) is 1.77. The lowest BCUT2D eigenvalue weighted by Gasteiger charge is -2.14. The van der Waals surface area contributed by atoms with Gasteiger partial charge in [0.05, 0.1) is 6.54 Å². The van der Waals surface area contributed by atoms with Crippen LogP contribution in [0.25, 0.3) is 0 Å². The van der Waals surface area contributed by atoms with Crippen molar-refractivity contribution in [3.63, 3.8) is 0 Å². The van der Waals surface area contributed by atoms with Gasteiger partial charge in [-0.05, 0) is 13.1 Å². The van der Waals surface area contributed by atoms with E-state index in [4.69, 9.17) is 4.52 Å². The fourth-order valence-corrected chi connectivity index (χ4v) is 1.77. The highest BCUT2D eigenvalue weighted by Crippen LogP contribution is 2.13. The maximum absolute atomic E-state index is 13.5. The summed E-state index contributed by atoms with van der Waals surface area (Å²) in [5, 5.41) is 3.91. The highest BCUT2D eigenvalue weighted by Gasteiger charge is 2.12. The molecule has 4 nitrogen and oxygen atoms in total. The van der Waals surface area contributed by atoms with E-state index in [1.165, 1.54) is 6.07 Å². The third-order valence-corrected chi connectivity index (χ3v) is 2.80. The van der Waals surface area contributed by atoms with Crippen LogP contribution in [0, 0.1) is 5.82 Å². The topological polar surface area (TPSA) is 42.2 Å². The second kappa shape index (κ2) is 5.93.